The van der Waals surface area contributed by atoms with Crippen LogP contribution >= 0.6 is 11.6 Å². The first-order chi connectivity index (χ1) is 12.5. The van der Waals surface area contributed by atoms with E-state index in [0.29, 0.717) is 11.1 Å². The minimum atomic E-state index is -4.64. The zero-order valence-corrected chi connectivity index (χ0v) is 15.9. The number of carbonyl (C=O) groups is 2. The van der Waals surface area contributed by atoms with Crippen LogP contribution in [-0.2, 0) is 25.2 Å². The van der Waals surface area contributed by atoms with Gasteiger partial charge in [0.25, 0.3) is 0 Å². The number of rotatable bonds is 3. The molecule has 1 aliphatic rings. The van der Waals surface area contributed by atoms with Gasteiger partial charge in [-0.15, -0.1) is 0 Å². The molecule has 2 unspecified atom stereocenters. The van der Waals surface area contributed by atoms with Gasteiger partial charge < -0.3 is 9.47 Å². The summed E-state index contributed by atoms with van der Waals surface area (Å²) < 4.78 is 49.2. The Morgan fingerprint density at radius 1 is 1.11 bits per heavy atom. The van der Waals surface area contributed by atoms with E-state index in [9.17, 15) is 22.8 Å². The number of halogens is 4. The van der Waals surface area contributed by atoms with Crippen molar-refractivity contribution in [3.05, 3.63) is 57.1 Å². The second kappa shape index (κ2) is 7.76. The van der Waals surface area contributed by atoms with Crippen LogP contribution in [0.5, 0.6) is 0 Å². The lowest BCUT2D eigenvalue weighted by Crippen LogP contribution is -2.28. The Kier molecular flexibility index (Phi) is 6.04. The summed E-state index contributed by atoms with van der Waals surface area (Å²) in [5, 5.41) is -0.435. The van der Waals surface area contributed by atoms with Crippen molar-refractivity contribution in [2.75, 3.05) is 14.2 Å². The molecule has 0 fully saturated rings. The first-order valence-corrected chi connectivity index (χ1v) is 8.32. The standard InChI is InChI=1S/C19H18ClF3O4/c1-9-7-12(11-5-6-14(20)13(8-11)19(21,22)23)16(18(25)27-4)10(2)15(9)17(24)26-3/h5-8,12,15H,1-4H3. The normalized spacial score (nSPS) is 20.2. The Hall–Kier alpha value is -2.28. The molecule has 0 saturated heterocycles. The van der Waals surface area contributed by atoms with Crippen LogP contribution in [0.15, 0.2) is 41.0 Å². The van der Waals surface area contributed by atoms with Crippen LogP contribution in [0.1, 0.15) is 30.9 Å². The number of alkyl halides is 3. The van der Waals surface area contributed by atoms with Gasteiger partial charge in [-0.25, -0.2) is 4.79 Å². The maximum Gasteiger partial charge on any atom is 0.417 e. The van der Waals surface area contributed by atoms with Crippen molar-refractivity contribution in [3.63, 3.8) is 0 Å². The molecule has 1 aromatic carbocycles. The van der Waals surface area contributed by atoms with Crippen LogP contribution in [0.25, 0.3) is 0 Å². The van der Waals surface area contributed by atoms with E-state index in [2.05, 4.69) is 0 Å². The van der Waals surface area contributed by atoms with Gasteiger partial charge in [0.2, 0.25) is 0 Å². The SMILES string of the molecule is COC(=O)C1=C(C)C(C(=O)OC)C(C)=CC1c1ccc(Cl)c(C(F)(F)F)c1. The van der Waals surface area contributed by atoms with Crippen molar-refractivity contribution >= 4 is 23.5 Å². The molecule has 0 amide bonds. The lowest BCUT2D eigenvalue weighted by Gasteiger charge is -2.29. The fraction of sp³-hybridized carbons (Fsp3) is 0.368. The zero-order valence-electron chi connectivity index (χ0n) is 15.1. The van der Waals surface area contributed by atoms with Gasteiger partial charge in [0.05, 0.1) is 30.7 Å². The third-order valence-electron chi connectivity index (χ3n) is 4.55. The van der Waals surface area contributed by atoms with Crippen molar-refractivity contribution in [1.29, 1.82) is 0 Å². The molecule has 0 spiro atoms. The van der Waals surface area contributed by atoms with Crippen molar-refractivity contribution in [1.82, 2.24) is 0 Å². The molecule has 0 saturated carbocycles. The molecule has 0 aliphatic heterocycles. The van der Waals surface area contributed by atoms with E-state index in [1.807, 2.05) is 0 Å². The quantitative estimate of drug-likeness (QED) is 0.544. The average molecular weight is 403 g/mol. The summed E-state index contributed by atoms with van der Waals surface area (Å²) in [7, 11) is 2.39. The highest BCUT2D eigenvalue weighted by Crippen LogP contribution is 2.43. The van der Waals surface area contributed by atoms with Gasteiger partial charge in [-0.2, -0.15) is 13.2 Å². The summed E-state index contributed by atoms with van der Waals surface area (Å²) in [5.41, 5.74) is 0.274. The number of hydrogen-bond acceptors (Lipinski definition) is 4. The topological polar surface area (TPSA) is 52.6 Å². The minimum absolute atomic E-state index is 0.106. The minimum Gasteiger partial charge on any atom is -0.468 e. The van der Waals surface area contributed by atoms with E-state index in [0.717, 1.165) is 12.1 Å². The maximum atomic E-state index is 13.2. The second-order valence-corrected chi connectivity index (χ2v) is 6.58. The van der Waals surface area contributed by atoms with E-state index in [-0.39, 0.29) is 11.1 Å². The third-order valence-corrected chi connectivity index (χ3v) is 4.88. The summed E-state index contributed by atoms with van der Waals surface area (Å²) in [4.78, 5) is 24.5. The van der Waals surface area contributed by atoms with Crippen LogP contribution < -0.4 is 0 Å². The van der Waals surface area contributed by atoms with Crippen molar-refractivity contribution in [2.24, 2.45) is 5.92 Å². The van der Waals surface area contributed by atoms with E-state index < -0.39 is 40.5 Å². The number of esters is 2. The molecule has 27 heavy (non-hydrogen) atoms. The fourth-order valence-electron chi connectivity index (χ4n) is 3.28. The maximum absolute atomic E-state index is 13.2. The lowest BCUT2D eigenvalue weighted by molar-refractivity contribution is -0.143. The third kappa shape index (κ3) is 4.03. The Balaban J connectivity index is 2.67. The van der Waals surface area contributed by atoms with Gasteiger partial charge in [-0.1, -0.05) is 29.3 Å². The smallest absolute Gasteiger partial charge is 0.417 e. The summed E-state index contributed by atoms with van der Waals surface area (Å²) >= 11 is 5.69. The number of carbonyl (C=O) groups excluding carboxylic acids is 2. The van der Waals surface area contributed by atoms with Crippen LogP contribution in [0.4, 0.5) is 13.2 Å². The highest BCUT2D eigenvalue weighted by molar-refractivity contribution is 6.31. The highest BCUT2D eigenvalue weighted by atomic mass is 35.5. The Bertz CT molecular complexity index is 840. The lowest BCUT2D eigenvalue weighted by atomic mass is 9.75. The van der Waals surface area contributed by atoms with Crippen LogP contribution in [0.3, 0.4) is 0 Å². The highest BCUT2D eigenvalue weighted by Gasteiger charge is 2.38. The van der Waals surface area contributed by atoms with Crippen molar-refractivity contribution < 1.29 is 32.2 Å². The van der Waals surface area contributed by atoms with E-state index in [4.69, 9.17) is 21.1 Å². The molecule has 0 radical (unpaired) electrons. The van der Waals surface area contributed by atoms with Gasteiger partial charge in [-0.05, 0) is 37.1 Å². The van der Waals surface area contributed by atoms with E-state index in [1.165, 1.54) is 20.3 Å². The largest absolute Gasteiger partial charge is 0.468 e. The summed E-state index contributed by atoms with van der Waals surface area (Å²) in [6.45, 7) is 3.23. The molecule has 0 N–H and O–H groups in total. The first kappa shape index (κ1) is 21.0. The molecule has 146 valence electrons. The predicted octanol–water partition coefficient (Wildman–Crippen LogP) is 4.68. The molecule has 2 rings (SSSR count). The van der Waals surface area contributed by atoms with Gasteiger partial charge in [0, 0.05) is 11.5 Å². The van der Waals surface area contributed by atoms with Crippen LogP contribution in [-0.4, -0.2) is 26.2 Å². The van der Waals surface area contributed by atoms with E-state index >= 15 is 0 Å². The van der Waals surface area contributed by atoms with Crippen molar-refractivity contribution in [2.45, 2.75) is 25.9 Å². The second-order valence-electron chi connectivity index (χ2n) is 6.17. The Morgan fingerprint density at radius 2 is 1.74 bits per heavy atom. The molecule has 1 aliphatic carbocycles. The molecular weight excluding hydrogens is 385 g/mol. The monoisotopic (exact) mass is 402 g/mol. The number of allylic oxidation sites excluding steroid dienone is 1. The van der Waals surface area contributed by atoms with Gasteiger partial charge in [0.15, 0.2) is 0 Å². The van der Waals surface area contributed by atoms with Gasteiger partial charge >= 0.3 is 18.1 Å². The molecule has 1 aromatic rings. The van der Waals surface area contributed by atoms with Crippen LogP contribution in [0, 0.1) is 5.92 Å². The molecule has 2 atom stereocenters. The van der Waals surface area contributed by atoms with Gasteiger partial charge in [-0.3, -0.25) is 4.79 Å². The zero-order chi connectivity index (χ0) is 20.5. The fourth-order valence-corrected chi connectivity index (χ4v) is 3.50. The van der Waals surface area contributed by atoms with E-state index in [1.54, 1.807) is 19.9 Å². The molecule has 0 heterocycles. The molecule has 8 heteroatoms. The molecular formula is C19H18ClF3O4. The van der Waals surface area contributed by atoms with Crippen LogP contribution in [0.2, 0.25) is 5.02 Å². The molecule has 0 bridgehead atoms. The first-order valence-electron chi connectivity index (χ1n) is 7.94. The Labute approximate surface area is 159 Å². The number of ether oxygens (including phenoxy) is 2. The average Bonchev–Trinajstić information content (AvgIpc) is 2.59. The summed E-state index contributed by atoms with van der Waals surface area (Å²) in [6.07, 6.45) is -3.07. The van der Waals surface area contributed by atoms with Crippen molar-refractivity contribution in [3.8, 4) is 0 Å². The summed E-state index contributed by atoms with van der Waals surface area (Å²) in [6, 6.07) is 3.46. The Morgan fingerprint density at radius 3 is 2.26 bits per heavy atom. The predicted molar refractivity (Wildman–Crippen MR) is 93.2 cm³/mol. The number of benzene rings is 1. The molecule has 0 aromatic heterocycles. The number of hydrogen-bond donors (Lipinski definition) is 0. The van der Waals surface area contributed by atoms with Gasteiger partial charge in [0.1, 0.15) is 0 Å². The molecule has 4 nitrogen and oxygen atoms in total. The summed E-state index contributed by atoms with van der Waals surface area (Å²) in [5.74, 6) is -2.89. The number of methoxy groups -OCH3 is 2.